The zero-order valence-electron chi connectivity index (χ0n) is 8.00. The summed E-state index contributed by atoms with van der Waals surface area (Å²) in [6.07, 6.45) is 8.24. The fourth-order valence-electron chi connectivity index (χ4n) is 0.842. The van der Waals surface area contributed by atoms with Gasteiger partial charge in [-0.05, 0) is 37.3 Å². The lowest BCUT2D eigenvalue weighted by Gasteiger charge is -2.01. The zero-order valence-corrected chi connectivity index (χ0v) is 8.00. The van der Waals surface area contributed by atoms with E-state index in [0.717, 1.165) is 12.2 Å². The Labute approximate surface area is 74.4 Å². The molecule has 0 saturated heterocycles. The van der Waals surface area contributed by atoms with Crippen molar-refractivity contribution >= 4 is 0 Å². The van der Waals surface area contributed by atoms with E-state index in [1.165, 1.54) is 11.8 Å². The van der Waals surface area contributed by atoms with Crippen LogP contribution in [0.1, 0.15) is 20.3 Å². The van der Waals surface area contributed by atoms with Crippen molar-refractivity contribution in [2.24, 2.45) is 5.73 Å². The van der Waals surface area contributed by atoms with Crippen LogP contribution in [0.15, 0.2) is 35.8 Å². The molecule has 0 amide bonds. The molecule has 0 unspecified atom stereocenters. The van der Waals surface area contributed by atoms with Crippen molar-refractivity contribution in [3.63, 3.8) is 0 Å². The van der Waals surface area contributed by atoms with Crippen LogP contribution in [0, 0.1) is 0 Å². The summed E-state index contributed by atoms with van der Waals surface area (Å²) in [5, 5.41) is 0. The van der Waals surface area contributed by atoms with Crippen molar-refractivity contribution in [1.29, 1.82) is 0 Å². The van der Waals surface area contributed by atoms with E-state index >= 15 is 0 Å². The monoisotopic (exact) mass is 167 g/mol. The van der Waals surface area contributed by atoms with Gasteiger partial charge in [0.15, 0.2) is 0 Å². The van der Waals surface area contributed by atoms with E-state index in [4.69, 9.17) is 10.5 Å². The summed E-state index contributed by atoms with van der Waals surface area (Å²) in [6, 6.07) is 0. The third-order valence-corrected chi connectivity index (χ3v) is 1.60. The highest BCUT2D eigenvalue weighted by atomic mass is 16.5. The second-order valence-electron chi connectivity index (χ2n) is 2.33. The summed E-state index contributed by atoms with van der Waals surface area (Å²) in [7, 11) is 1.63. The maximum Gasteiger partial charge on any atom is 0.120 e. The molecule has 0 aromatic rings. The maximum atomic E-state index is 5.24. The smallest absolute Gasteiger partial charge is 0.120 e. The highest BCUT2D eigenvalue weighted by molar-refractivity contribution is 5.25. The van der Waals surface area contributed by atoms with Crippen LogP contribution < -0.4 is 5.73 Å². The molecule has 0 spiro atoms. The van der Waals surface area contributed by atoms with Crippen LogP contribution in [0.5, 0.6) is 0 Å². The summed E-state index contributed by atoms with van der Waals surface area (Å²) in [4.78, 5) is 0. The number of ether oxygens (including phenoxy) is 1. The van der Waals surface area contributed by atoms with E-state index in [1.54, 1.807) is 13.2 Å². The Kier molecular flexibility index (Phi) is 5.88. The second kappa shape index (κ2) is 6.53. The van der Waals surface area contributed by atoms with E-state index in [-0.39, 0.29) is 0 Å². The molecule has 0 aliphatic carbocycles. The van der Waals surface area contributed by atoms with E-state index in [9.17, 15) is 0 Å². The van der Waals surface area contributed by atoms with Gasteiger partial charge in [-0.1, -0.05) is 13.0 Å². The fraction of sp³-hybridized carbons (Fsp3) is 0.400. The van der Waals surface area contributed by atoms with Crippen LogP contribution in [-0.2, 0) is 4.74 Å². The summed E-state index contributed by atoms with van der Waals surface area (Å²) in [5.41, 5.74) is 6.48. The molecule has 2 nitrogen and oxygen atoms in total. The molecule has 0 saturated carbocycles. The largest absolute Gasteiger partial charge is 0.497 e. The van der Waals surface area contributed by atoms with Crippen molar-refractivity contribution in [3.8, 4) is 0 Å². The van der Waals surface area contributed by atoms with Crippen LogP contribution in [0.4, 0.5) is 0 Å². The minimum Gasteiger partial charge on any atom is -0.497 e. The van der Waals surface area contributed by atoms with Gasteiger partial charge in [-0.2, -0.15) is 0 Å². The zero-order chi connectivity index (χ0) is 9.40. The highest BCUT2D eigenvalue weighted by Crippen LogP contribution is 2.07. The number of nitrogens with two attached hydrogens (primary N) is 1. The van der Waals surface area contributed by atoms with Gasteiger partial charge in [0, 0.05) is 0 Å². The van der Waals surface area contributed by atoms with Crippen LogP contribution in [0.3, 0.4) is 0 Å². The average Bonchev–Trinajstić information content (AvgIpc) is 2.12. The number of allylic oxidation sites excluding steroid dienone is 4. The van der Waals surface area contributed by atoms with Crippen molar-refractivity contribution < 1.29 is 4.74 Å². The third kappa shape index (κ3) is 3.86. The molecule has 0 fully saturated rings. The molecule has 0 rings (SSSR count). The molecular weight excluding hydrogens is 150 g/mol. The summed E-state index contributed by atoms with van der Waals surface area (Å²) in [5.74, 6) is 0.785. The summed E-state index contributed by atoms with van der Waals surface area (Å²) in [6.45, 7) is 4.11. The normalized spacial score (nSPS) is 13.9. The van der Waals surface area contributed by atoms with E-state index in [2.05, 4.69) is 13.0 Å². The molecule has 68 valence electrons. The Bertz CT molecular complexity index is 202. The van der Waals surface area contributed by atoms with E-state index in [0.29, 0.717) is 0 Å². The van der Waals surface area contributed by atoms with Crippen molar-refractivity contribution in [1.82, 2.24) is 0 Å². The van der Waals surface area contributed by atoms with Gasteiger partial charge in [0.2, 0.25) is 0 Å². The minimum absolute atomic E-state index is 0.785. The van der Waals surface area contributed by atoms with Crippen LogP contribution in [0.25, 0.3) is 0 Å². The van der Waals surface area contributed by atoms with Crippen molar-refractivity contribution in [3.05, 3.63) is 35.8 Å². The average molecular weight is 167 g/mol. The first-order valence-electron chi connectivity index (χ1n) is 4.07. The van der Waals surface area contributed by atoms with E-state index in [1.807, 2.05) is 13.0 Å². The molecule has 0 heterocycles. The Hall–Kier alpha value is -1.18. The number of rotatable bonds is 4. The lowest BCUT2D eigenvalue weighted by Crippen LogP contribution is -1.86. The first kappa shape index (κ1) is 10.8. The molecule has 0 radical (unpaired) electrons. The molecule has 0 aromatic heterocycles. The molecule has 0 atom stereocenters. The van der Waals surface area contributed by atoms with Gasteiger partial charge in [-0.25, -0.2) is 0 Å². The fourth-order valence-corrected chi connectivity index (χ4v) is 0.842. The van der Waals surface area contributed by atoms with Gasteiger partial charge >= 0.3 is 0 Å². The second-order valence-corrected chi connectivity index (χ2v) is 2.33. The molecule has 0 aromatic carbocycles. The topological polar surface area (TPSA) is 35.2 Å². The van der Waals surface area contributed by atoms with Gasteiger partial charge in [0.05, 0.1) is 7.11 Å². The molecule has 2 N–H and O–H groups in total. The van der Waals surface area contributed by atoms with Gasteiger partial charge in [0.1, 0.15) is 5.76 Å². The Morgan fingerprint density at radius 3 is 2.50 bits per heavy atom. The summed E-state index contributed by atoms with van der Waals surface area (Å²) >= 11 is 0. The van der Waals surface area contributed by atoms with Crippen molar-refractivity contribution in [2.75, 3.05) is 7.11 Å². The van der Waals surface area contributed by atoms with Gasteiger partial charge in [0.25, 0.3) is 0 Å². The lowest BCUT2D eigenvalue weighted by atomic mass is 10.2. The molecule has 2 heteroatoms. The van der Waals surface area contributed by atoms with Crippen LogP contribution in [0.2, 0.25) is 0 Å². The highest BCUT2D eigenvalue weighted by Gasteiger charge is 1.91. The number of hydrogen-bond donors (Lipinski definition) is 1. The Morgan fingerprint density at radius 1 is 1.50 bits per heavy atom. The first-order chi connectivity index (χ1) is 5.78. The molecule has 12 heavy (non-hydrogen) atoms. The predicted octanol–water partition coefficient (Wildman–Crippen LogP) is 2.35. The maximum absolute atomic E-state index is 5.24. The standard InChI is InChI=1S/C10H17NO/c1-4-9(5-2)8-10(12-3)6-7-11/h4,6-8H,5,11H2,1-3H3/b7-6-,9-4-,10-8+. The number of hydrogen-bond acceptors (Lipinski definition) is 2. The summed E-state index contributed by atoms with van der Waals surface area (Å²) < 4.78 is 5.08. The van der Waals surface area contributed by atoms with Gasteiger partial charge < -0.3 is 10.5 Å². The van der Waals surface area contributed by atoms with Crippen LogP contribution in [-0.4, -0.2) is 7.11 Å². The molecule has 0 aliphatic rings. The van der Waals surface area contributed by atoms with Crippen molar-refractivity contribution in [2.45, 2.75) is 20.3 Å². The molecular formula is C10H17NO. The first-order valence-corrected chi connectivity index (χ1v) is 4.07. The van der Waals surface area contributed by atoms with Gasteiger partial charge in [-0.3, -0.25) is 0 Å². The predicted molar refractivity (Wildman–Crippen MR) is 52.5 cm³/mol. The third-order valence-electron chi connectivity index (χ3n) is 1.60. The van der Waals surface area contributed by atoms with Crippen LogP contribution >= 0.6 is 0 Å². The van der Waals surface area contributed by atoms with E-state index < -0.39 is 0 Å². The van der Waals surface area contributed by atoms with Gasteiger partial charge in [-0.15, -0.1) is 0 Å². The SMILES string of the molecule is C\C=C(/C=C(\C=C/N)OC)CC. The Morgan fingerprint density at radius 2 is 2.17 bits per heavy atom. The number of methoxy groups -OCH3 is 1. The minimum atomic E-state index is 0.785. The lowest BCUT2D eigenvalue weighted by molar-refractivity contribution is 0.306. The quantitative estimate of drug-likeness (QED) is 0.515. The Balaban J connectivity index is 4.46. The molecule has 0 aliphatic heterocycles. The molecule has 0 bridgehead atoms.